The molecule has 0 saturated carbocycles. The molecule has 5 aromatic heterocycles. The Hall–Kier alpha value is -4.08. The van der Waals surface area contributed by atoms with E-state index in [4.69, 9.17) is 0 Å². The van der Waals surface area contributed by atoms with Gasteiger partial charge >= 0.3 is 0 Å². The van der Waals surface area contributed by atoms with Gasteiger partial charge in [-0.25, -0.2) is 18.3 Å². The van der Waals surface area contributed by atoms with E-state index >= 15 is 0 Å². The standard InChI is InChI=1S/C23H21F2N7O/c1-12-21(13(2)31(3)30-12)15-6-16-17(9-27-22(16)26-8-15)14-4-5-32-19(7-14)18(10-29-32)23(33)28-11-20(24)25/h4-10,20H,11H2,1-3H3,(H,26,27)(H,28,33). The molecule has 168 valence electrons. The molecule has 0 atom stereocenters. The third-order valence-electron chi connectivity index (χ3n) is 5.82. The lowest BCUT2D eigenvalue weighted by molar-refractivity contribution is 0.0893. The number of pyridine rings is 2. The maximum atomic E-state index is 12.5. The number of H-pyrrole nitrogens is 1. The molecular weight excluding hydrogens is 428 g/mol. The highest BCUT2D eigenvalue weighted by Gasteiger charge is 2.17. The van der Waals surface area contributed by atoms with Gasteiger partial charge in [0.05, 0.1) is 29.5 Å². The Morgan fingerprint density at radius 2 is 2.03 bits per heavy atom. The van der Waals surface area contributed by atoms with Gasteiger partial charge in [-0.1, -0.05) is 0 Å². The van der Waals surface area contributed by atoms with Crippen molar-refractivity contribution in [2.24, 2.45) is 7.05 Å². The van der Waals surface area contributed by atoms with Crippen molar-refractivity contribution >= 4 is 22.5 Å². The van der Waals surface area contributed by atoms with Gasteiger partial charge in [0.1, 0.15) is 5.65 Å². The van der Waals surface area contributed by atoms with Gasteiger partial charge in [-0.15, -0.1) is 0 Å². The third-order valence-corrected chi connectivity index (χ3v) is 5.82. The zero-order valence-corrected chi connectivity index (χ0v) is 18.2. The summed E-state index contributed by atoms with van der Waals surface area (Å²) < 4.78 is 28.4. The molecule has 0 aromatic carbocycles. The number of hydrogen-bond donors (Lipinski definition) is 2. The van der Waals surface area contributed by atoms with Crippen LogP contribution in [-0.4, -0.2) is 48.2 Å². The van der Waals surface area contributed by atoms with Crippen molar-refractivity contribution in [2.45, 2.75) is 20.3 Å². The molecule has 5 aromatic rings. The van der Waals surface area contributed by atoms with Crippen molar-refractivity contribution in [2.75, 3.05) is 6.54 Å². The smallest absolute Gasteiger partial charge is 0.255 e. The normalized spacial score (nSPS) is 11.7. The molecule has 0 fully saturated rings. The van der Waals surface area contributed by atoms with E-state index in [9.17, 15) is 13.6 Å². The molecule has 0 saturated heterocycles. The molecule has 8 nitrogen and oxygen atoms in total. The second-order valence-electron chi connectivity index (χ2n) is 7.90. The molecule has 2 N–H and O–H groups in total. The van der Waals surface area contributed by atoms with E-state index in [1.165, 1.54) is 6.20 Å². The number of aromatic nitrogens is 6. The largest absolute Gasteiger partial charge is 0.346 e. The van der Waals surface area contributed by atoms with Crippen LogP contribution in [0.4, 0.5) is 8.78 Å². The second-order valence-corrected chi connectivity index (χ2v) is 7.90. The Morgan fingerprint density at radius 1 is 1.21 bits per heavy atom. The summed E-state index contributed by atoms with van der Waals surface area (Å²) in [6.45, 7) is 3.28. The fourth-order valence-corrected chi connectivity index (χ4v) is 4.16. The quantitative estimate of drug-likeness (QED) is 0.426. The Bertz CT molecular complexity index is 1510. The van der Waals surface area contributed by atoms with Gasteiger partial charge < -0.3 is 10.3 Å². The number of carbonyl (C=O) groups is 1. The summed E-state index contributed by atoms with van der Waals surface area (Å²) >= 11 is 0. The molecule has 0 aliphatic heterocycles. The monoisotopic (exact) mass is 449 g/mol. The fourth-order valence-electron chi connectivity index (χ4n) is 4.16. The van der Waals surface area contributed by atoms with Crippen molar-refractivity contribution in [3.8, 4) is 22.3 Å². The van der Waals surface area contributed by atoms with Crippen LogP contribution < -0.4 is 5.32 Å². The molecule has 0 unspecified atom stereocenters. The van der Waals surface area contributed by atoms with Crippen LogP contribution in [0.25, 0.3) is 38.8 Å². The van der Waals surface area contributed by atoms with Gasteiger partial charge in [-0.05, 0) is 37.6 Å². The zero-order valence-electron chi connectivity index (χ0n) is 18.2. The summed E-state index contributed by atoms with van der Waals surface area (Å²) in [6, 6.07) is 5.78. The minimum Gasteiger partial charge on any atom is -0.346 e. The summed E-state index contributed by atoms with van der Waals surface area (Å²) in [4.78, 5) is 20.2. The third kappa shape index (κ3) is 3.53. The summed E-state index contributed by atoms with van der Waals surface area (Å²) in [5, 5.41) is 11.8. The van der Waals surface area contributed by atoms with Gasteiger partial charge in [0.15, 0.2) is 0 Å². The van der Waals surface area contributed by atoms with Gasteiger partial charge in [-0.2, -0.15) is 10.2 Å². The van der Waals surface area contributed by atoms with E-state index in [0.29, 0.717) is 5.52 Å². The zero-order chi connectivity index (χ0) is 23.3. The first-order valence-electron chi connectivity index (χ1n) is 10.4. The van der Waals surface area contributed by atoms with Gasteiger partial charge in [-0.3, -0.25) is 9.48 Å². The molecule has 0 aliphatic carbocycles. The fraction of sp³-hybridized carbons (Fsp3) is 0.217. The number of nitrogens with one attached hydrogen (secondary N) is 2. The Morgan fingerprint density at radius 3 is 2.76 bits per heavy atom. The van der Waals surface area contributed by atoms with Crippen molar-refractivity contribution in [3.05, 3.63) is 59.9 Å². The Labute approximate surface area is 187 Å². The number of fused-ring (bicyclic) bond motifs is 2. The molecular formula is C23H21F2N7O. The van der Waals surface area contributed by atoms with E-state index in [1.807, 2.05) is 50.1 Å². The lowest BCUT2D eigenvalue weighted by Crippen LogP contribution is -2.28. The first-order valence-corrected chi connectivity index (χ1v) is 10.4. The van der Waals surface area contributed by atoms with Crippen LogP contribution in [0.15, 0.2) is 43.0 Å². The minimum atomic E-state index is -2.62. The van der Waals surface area contributed by atoms with Crippen LogP contribution in [0.3, 0.4) is 0 Å². The summed E-state index contributed by atoms with van der Waals surface area (Å²) in [5.41, 5.74) is 7.22. The number of nitrogens with zero attached hydrogens (tertiary/aromatic N) is 5. The lowest BCUT2D eigenvalue weighted by atomic mass is 10.0. The predicted molar refractivity (Wildman–Crippen MR) is 120 cm³/mol. The molecule has 0 bridgehead atoms. The molecule has 10 heteroatoms. The Kier molecular flexibility index (Phi) is 4.92. The SMILES string of the molecule is Cc1nn(C)c(C)c1-c1cnc2[nH]cc(-c3ccn4ncc(C(=O)NCC(F)F)c4c3)c2c1. The lowest BCUT2D eigenvalue weighted by Gasteiger charge is -2.06. The summed E-state index contributed by atoms with van der Waals surface area (Å²) in [6.07, 6.45) is 4.18. The van der Waals surface area contributed by atoms with E-state index in [-0.39, 0.29) is 5.56 Å². The first-order chi connectivity index (χ1) is 15.8. The van der Waals surface area contributed by atoms with Crippen molar-refractivity contribution in [3.63, 3.8) is 0 Å². The van der Waals surface area contributed by atoms with Crippen molar-refractivity contribution in [1.82, 2.24) is 34.7 Å². The highest BCUT2D eigenvalue weighted by Crippen LogP contribution is 2.33. The summed E-state index contributed by atoms with van der Waals surface area (Å²) in [5.74, 6) is -0.590. The van der Waals surface area contributed by atoms with E-state index in [2.05, 4.69) is 31.5 Å². The van der Waals surface area contributed by atoms with Crippen LogP contribution in [0.2, 0.25) is 0 Å². The van der Waals surface area contributed by atoms with Crippen LogP contribution >= 0.6 is 0 Å². The number of hydrogen-bond acceptors (Lipinski definition) is 4. The molecule has 5 rings (SSSR count). The average molecular weight is 449 g/mol. The molecule has 1 amide bonds. The predicted octanol–water partition coefficient (Wildman–Crippen LogP) is 3.89. The highest BCUT2D eigenvalue weighted by molar-refractivity contribution is 6.02. The van der Waals surface area contributed by atoms with E-state index in [1.54, 1.807) is 10.7 Å². The van der Waals surface area contributed by atoms with Gasteiger partial charge in [0.25, 0.3) is 12.3 Å². The minimum absolute atomic E-state index is 0.234. The van der Waals surface area contributed by atoms with Crippen LogP contribution in [-0.2, 0) is 7.05 Å². The van der Waals surface area contributed by atoms with Crippen LogP contribution in [0.1, 0.15) is 21.7 Å². The average Bonchev–Trinajstić information content (AvgIpc) is 3.46. The van der Waals surface area contributed by atoms with Gasteiger partial charge in [0.2, 0.25) is 0 Å². The molecule has 5 heterocycles. The highest BCUT2D eigenvalue weighted by atomic mass is 19.3. The number of carbonyl (C=O) groups excluding carboxylic acids is 1. The number of aromatic amines is 1. The van der Waals surface area contributed by atoms with Crippen molar-refractivity contribution < 1.29 is 13.6 Å². The van der Waals surface area contributed by atoms with Crippen LogP contribution in [0.5, 0.6) is 0 Å². The Balaban J connectivity index is 1.59. The van der Waals surface area contributed by atoms with E-state index < -0.39 is 18.9 Å². The van der Waals surface area contributed by atoms with E-state index in [0.717, 1.165) is 44.7 Å². The maximum absolute atomic E-state index is 12.5. The topological polar surface area (TPSA) is 92.9 Å². The number of amides is 1. The number of halogens is 2. The molecule has 0 aliphatic rings. The van der Waals surface area contributed by atoms with Crippen molar-refractivity contribution in [1.29, 1.82) is 0 Å². The number of aryl methyl sites for hydroxylation is 2. The molecule has 33 heavy (non-hydrogen) atoms. The summed E-state index contributed by atoms with van der Waals surface area (Å²) in [7, 11) is 1.91. The molecule has 0 radical (unpaired) electrons. The molecule has 0 spiro atoms. The second kappa shape index (κ2) is 7.80. The first kappa shape index (κ1) is 20.8. The maximum Gasteiger partial charge on any atom is 0.255 e. The number of alkyl halides is 2. The van der Waals surface area contributed by atoms with Crippen LogP contribution in [0, 0.1) is 13.8 Å². The number of rotatable bonds is 5. The van der Waals surface area contributed by atoms with Gasteiger partial charge in [0, 0.05) is 53.4 Å².